The molecule has 8 heteroatoms. The van der Waals surface area contributed by atoms with E-state index in [0.29, 0.717) is 5.69 Å². The number of aromatic nitrogens is 1. The molecule has 1 N–H and O–H groups in total. The molecule has 0 saturated carbocycles. The van der Waals surface area contributed by atoms with Crippen molar-refractivity contribution in [2.45, 2.75) is 11.2 Å². The quantitative estimate of drug-likeness (QED) is 0.438. The predicted octanol–water partition coefficient (Wildman–Crippen LogP) is 5.67. The third-order valence-electron chi connectivity index (χ3n) is 3.81. The molecule has 1 aromatic heterocycles. The average Bonchev–Trinajstić information content (AvgIpc) is 2.71. The summed E-state index contributed by atoms with van der Waals surface area (Å²) in [5, 5.41) is 0.121. The highest BCUT2D eigenvalue weighted by molar-refractivity contribution is 8.00. The van der Waals surface area contributed by atoms with Crippen LogP contribution in [0.5, 0.6) is 0 Å². The number of alkyl halides is 3. The lowest BCUT2D eigenvalue weighted by Crippen LogP contribution is -2.08. The number of methoxy groups -OCH3 is 1. The number of nitrogens with zero attached hydrogens (tertiary/aromatic N) is 1. The molecule has 1 heterocycles. The number of ether oxygens (including phenoxy) is 1. The van der Waals surface area contributed by atoms with Crippen LogP contribution in [0.3, 0.4) is 0 Å². The standard InChI is InChI=1S/C20H15F3N2O2S/c1-27-19(26)15-11-10-14(13-6-3-2-4-7-13)12-16(15)25-28-18-9-5-8-17(24-18)20(21,22)23/h2-12,25H,1H3. The molecule has 0 atom stereocenters. The number of hydrogen-bond donors (Lipinski definition) is 1. The smallest absolute Gasteiger partial charge is 0.433 e. The van der Waals surface area contributed by atoms with Gasteiger partial charge in [0.2, 0.25) is 0 Å². The molecule has 0 spiro atoms. The number of halogens is 3. The number of anilines is 1. The summed E-state index contributed by atoms with van der Waals surface area (Å²) < 4.78 is 46.2. The van der Waals surface area contributed by atoms with Crippen molar-refractivity contribution in [3.05, 3.63) is 78.0 Å². The average molecular weight is 404 g/mol. The molecule has 2 aromatic carbocycles. The van der Waals surface area contributed by atoms with Crippen LogP contribution in [-0.4, -0.2) is 18.1 Å². The summed E-state index contributed by atoms with van der Waals surface area (Å²) in [5.74, 6) is -0.556. The summed E-state index contributed by atoms with van der Waals surface area (Å²) in [6, 6.07) is 18.2. The van der Waals surface area contributed by atoms with E-state index in [9.17, 15) is 18.0 Å². The highest BCUT2D eigenvalue weighted by Crippen LogP contribution is 2.32. The summed E-state index contributed by atoms with van der Waals surface area (Å²) in [6.45, 7) is 0. The van der Waals surface area contributed by atoms with Crippen LogP contribution in [-0.2, 0) is 10.9 Å². The monoisotopic (exact) mass is 404 g/mol. The number of hydrogen-bond acceptors (Lipinski definition) is 5. The fraction of sp³-hybridized carbons (Fsp3) is 0.100. The molecule has 3 aromatic rings. The van der Waals surface area contributed by atoms with Crippen molar-refractivity contribution in [1.29, 1.82) is 0 Å². The first kappa shape index (κ1) is 19.8. The number of esters is 1. The van der Waals surface area contributed by atoms with Gasteiger partial charge >= 0.3 is 12.1 Å². The van der Waals surface area contributed by atoms with Gasteiger partial charge in [-0.15, -0.1) is 0 Å². The molecule has 3 rings (SSSR count). The van der Waals surface area contributed by atoms with E-state index in [-0.39, 0.29) is 10.6 Å². The van der Waals surface area contributed by atoms with E-state index in [1.807, 2.05) is 30.3 Å². The molecule has 144 valence electrons. The Hall–Kier alpha value is -3.00. The van der Waals surface area contributed by atoms with Crippen molar-refractivity contribution in [3.63, 3.8) is 0 Å². The minimum absolute atomic E-state index is 0.121. The summed E-state index contributed by atoms with van der Waals surface area (Å²) >= 11 is 0.881. The number of carbonyl (C=O) groups is 1. The Kier molecular flexibility index (Phi) is 5.89. The van der Waals surface area contributed by atoms with Gasteiger partial charge in [0, 0.05) is 11.9 Å². The van der Waals surface area contributed by atoms with E-state index < -0.39 is 17.8 Å². The molecule has 0 radical (unpaired) electrons. The number of benzene rings is 2. The van der Waals surface area contributed by atoms with Gasteiger partial charge in [-0.05, 0) is 35.4 Å². The third kappa shape index (κ3) is 4.64. The summed E-state index contributed by atoms with van der Waals surface area (Å²) in [5.41, 5.74) is 1.47. The lowest BCUT2D eigenvalue weighted by atomic mass is 10.0. The SMILES string of the molecule is COC(=O)c1ccc(-c2ccccc2)cc1NSc1cccc(C(F)(F)F)n1. The Labute approximate surface area is 163 Å². The number of pyridine rings is 1. The van der Waals surface area contributed by atoms with Crippen LogP contribution < -0.4 is 4.72 Å². The Balaban J connectivity index is 1.90. The van der Waals surface area contributed by atoms with Gasteiger partial charge in [-0.2, -0.15) is 13.2 Å². The first-order valence-electron chi connectivity index (χ1n) is 8.13. The normalized spacial score (nSPS) is 11.1. The Morgan fingerprint density at radius 3 is 2.43 bits per heavy atom. The van der Waals surface area contributed by atoms with E-state index in [2.05, 4.69) is 9.71 Å². The predicted molar refractivity (Wildman–Crippen MR) is 102 cm³/mol. The maximum absolute atomic E-state index is 12.8. The number of carbonyl (C=O) groups excluding carboxylic acids is 1. The second-order valence-corrected chi connectivity index (χ2v) is 6.51. The van der Waals surface area contributed by atoms with E-state index in [1.54, 1.807) is 18.2 Å². The first-order chi connectivity index (χ1) is 13.4. The van der Waals surface area contributed by atoms with Crippen LogP contribution in [0.25, 0.3) is 11.1 Å². The van der Waals surface area contributed by atoms with E-state index >= 15 is 0 Å². The van der Waals surface area contributed by atoms with Crippen molar-refractivity contribution in [2.75, 3.05) is 11.8 Å². The molecule has 0 unspecified atom stereocenters. The molecule has 0 bridgehead atoms. The first-order valence-corrected chi connectivity index (χ1v) is 8.95. The number of rotatable bonds is 5. The maximum Gasteiger partial charge on any atom is 0.433 e. The maximum atomic E-state index is 12.8. The van der Waals surface area contributed by atoms with E-state index in [0.717, 1.165) is 29.1 Å². The third-order valence-corrected chi connectivity index (χ3v) is 4.57. The van der Waals surface area contributed by atoms with Crippen molar-refractivity contribution in [3.8, 4) is 11.1 Å². The number of nitrogens with one attached hydrogen (secondary N) is 1. The van der Waals surface area contributed by atoms with Gasteiger partial charge in [-0.1, -0.05) is 42.5 Å². The second kappa shape index (κ2) is 8.35. The topological polar surface area (TPSA) is 51.2 Å². The molecule has 0 aliphatic heterocycles. The van der Waals surface area contributed by atoms with Crippen LogP contribution in [0.4, 0.5) is 18.9 Å². The summed E-state index contributed by atoms with van der Waals surface area (Å²) in [4.78, 5) is 15.6. The van der Waals surface area contributed by atoms with Gasteiger partial charge in [0.15, 0.2) is 0 Å². The fourth-order valence-corrected chi connectivity index (χ4v) is 3.14. The van der Waals surface area contributed by atoms with E-state index in [4.69, 9.17) is 4.74 Å². The molecule has 0 amide bonds. The zero-order valence-corrected chi connectivity index (χ0v) is 15.5. The van der Waals surface area contributed by atoms with Crippen LogP contribution in [0.1, 0.15) is 16.1 Å². The van der Waals surface area contributed by atoms with Gasteiger partial charge in [0.1, 0.15) is 10.7 Å². The Morgan fingerprint density at radius 1 is 1.00 bits per heavy atom. The largest absolute Gasteiger partial charge is 0.465 e. The highest BCUT2D eigenvalue weighted by atomic mass is 32.2. The molecule has 28 heavy (non-hydrogen) atoms. The van der Waals surface area contributed by atoms with Crippen molar-refractivity contribution in [1.82, 2.24) is 4.98 Å². The Bertz CT molecular complexity index is 979. The van der Waals surface area contributed by atoms with E-state index in [1.165, 1.54) is 19.2 Å². The molecule has 0 aliphatic rings. The highest BCUT2D eigenvalue weighted by Gasteiger charge is 2.32. The van der Waals surface area contributed by atoms with Gasteiger partial charge in [0.25, 0.3) is 0 Å². The van der Waals surface area contributed by atoms with Crippen molar-refractivity contribution < 1.29 is 22.7 Å². The van der Waals surface area contributed by atoms with Crippen LogP contribution >= 0.6 is 11.9 Å². The summed E-state index contributed by atoms with van der Waals surface area (Å²) in [6.07, 6.45) is -4.53. The lowest BCUT2D eigenvalue weighted by molar-refractivity contribution is -0.141. The minimum Gasteiger partial charge on any atom is -0.465 e. The molecule has 0 saturated heterocycles. The molecule has 0 fully saturated rings. The van der Waals surface area contributed by atoms with Gasteiger partial charge in [0.05, 0.1) is 18.4 Å². The van der Waals surface area contributed by atoms with Gasteiger partial charge in [-0.3, -0.25) is 0 Å². The zero-order chi connectivity index (χ0) is 20.1. The zero-order valence-electron chi connectivity index (χ0n) is 14.7. The Morgan fingerprint density at radius 2 is 1.75 bits per heavy atom. The van der Waals surface area contributed by atoms with Crippen molar-refractivity contribution >= 4 is 23.6 Å². The molecular weight excluding hydrogens is 389 g/mol. The molecule has 4 nitrogen and oxygen atoms in total. The van der Waals surface area contributed by atoms with Crippen LogP contribution in [0, 0.1) is 0 Å². The minimum atomic E-state index is -4.53. The van der Waals surface area contributed by atoms with Crippen molar-refractivity contribution in [2.24, 2.45) is 0 Å². The van der Waals surface area contributed by atoms with Crippen LogP contribution in [0.2, 0.25) is 0 Å². The lowest BCUT2D eigenvalue weighted by Gasteiger charge is -2.13. The molecule has 0 aliphatic carbocycles. The summed E-state index contributed by atoms with van der Waals surface area (Å²) in [7, 11) is 1.26. The fourth-order valence-electron chi connectivity index (χ4n) is 2.46. The van der Waals surface area contributed by atoms with Gasteiger partial charge < -0.3 is 9.46 Å². The second-order valence-electron chi connectivity index (χ2n) is 5.68. The molecular formula is C20H15F3N2O2S. The van der Waals surface area contributed by atoms with Crippen LogP contribution in [0.15, 0.2) is 71.8 Å². The van der Waals surface area contributed by atoms with Gasteiger partial charge in [-0.25, -0.2) is 9.78 Å².